The van der Waals surface area contributed by atoms with Crippen LogP contribution in [0.25, 0.3) is 0 Å². The molecule has 0 spiro atoms. The molecular weight excluding hydrogens is 352 g/mol. The van der Waals surface area contributed by atoms with Crippen molar-refractivity contribution in [1.82, 2.24) is 0 Å². The average molecular weight is 369 g/mol. The third-order valence-electron chi connectivity index (χ3n) is 4.18. The number of anilines is 3. The summed E-state index contributed by atoms with van der Waals surface area (Å²) in [5, 5.41) is 15.2. The molecule has 1 heterocycles. The predicted molar refractivity (Wildman–Crippen MR) is 101 cm³/mol. The smallest absolute Gasteiger partial charge is 0.243 e. The van der Waals surface area contributed by atoms with Gasteiger partial charge in [0, 0.05) is 30.5 Å². The number of benzene rings is 2. The van der Waals surface area contributed by atoms with Gasteiger partial charge in [0.15, 0.2) is 0 Å². The molecule has 0 aromatic heterocycles. The van der Waals surface area contributed by atoms with Crippen molar-refractivity contribution in [2.24, 2.45) is 0 Å². The van der Waals surface area contributed by atoms with E-state index >= 15 is 0 Å². The maximum Gasteiger partial charge on any atom is 0.243 e. The molecule has 0 bridgehead atoms. The minimum absolute atomic E-state index is 0.0180. The Balaban J connectivity index is 1.61. The fourth-order valence-electron chi connectivity index (χ4n) is 2.92. The van der Waals surface area contributed by atoms with Crippen molar-refractivity contribution < 1.29 is 9.59 Å². The van der Waals surface area contributed by atoms with Gasteiger partial charge in [-0.25, -0.2) is 0 Å². The molecule has 0 unspecified atom stereocenters. The molecule has 6 nitrogen and oxygen atoms in total. The maximum atomic E-state index is 12.2. The molecule has 7 heteroatoms. The minimum Gasteiger partial charge on any atom is -0.376 e. The van der Waals surface area contributed by atoms with Gasteiger partial charge in [-0.3, -0.25) is 9.59 Å². The standard InChI is InChI=1S/C19H17ClN4O2/c1-12(25)24-7-6-13-8-16(3-5-18(13)24)23-19(26)11-22-15-2-4-17(20)14(9-15)10-21/h2-5,8-9,22H,6-7,11H2,1H3,(H,23,26). The molecule has 0 saturated carbocycles. The Morgan fingerprint density at radius 2 is 2.00 bits per heavy atom. The first-order chi connectivity index (χ1) is 12.5. The van der Waals surface area contributed by atoms with Crippen LogP contribution in [0.3, 0.4) is 0 Å². The van der Waals surface area contributed by atoms with Crippen molar-refractivity contribution in [3.63, 3.8) is 0 Å². The van der Waals surface area contributed by atoms with Crippen LogP contribution in [-0.4, -0.2) is 24.9 Å². The normalized spacial score (nSPS) is 12.3. The lowest BCUT2D eigenvalue weighted by Crippen LogP contribution is -2.25. The largest absolute Gasteiger partial charge is 0.376 e. The number of carbonyl (C=O) groups is 2. The Kier molecular flexibility index (Phi) is 5.10. The number of nitrogens with one attached hydrogen (secondary N) is 2. The van der Waals surface area contributed by atoms with Gasteiger partial charge in [-0.2, -0.15) is 5.26 Å². The molecule has 1 aliphatic heterocycles. The summed E-state index contributed by atoms with van der Waals surface area (Å²) in [5.74, 6) is -0.190. The van der Waals surface area contributed by atoms with Gasteiger partial charge in [0.25, 0.3) is 0 Å². The van der Waals surface area contributed by atoms with Gasteiger partial charge in [-0.1, -0.05) is 11.6 Å². The summed E-state index contributed by atoms with van der Waals surface area (Å²) in [6.07, 6.45) is 0.776. The van der Waals surface area contributed by atoms with E-state index in [0.29, 0.717) is 28.5 Å². The first-order valence-corrected chi connectivity index (χ1v) is 8.50. The van der Waals surface area contributed by atoms with Crippen molar-refractivity contribution >= 4 is 40.5 Å². The zero-order valence-corrected chi connectivity index (χ0v) is 14.9. The van der Waals surface area contributed by atoms with Gasteiger partial charge in [0.2, 0.25) is 11.8 Å². The summed E-state index contributed by atoms with van der Waals surface area (Å²) in [6.45, 7) is 2.27. The van der Waals surface area contributed by atoms with Gasteiger partial charge < -0.3 is 15.5 Å². The monoisotopic (exact) mass is 368 g/mol. The highest BCUT2D eigenvalue weighted by atomic mass is 35.5. The van der Waals surface area contributed by atoms with E-state index in [4.69, 9.17) is 16.9 Å². The molecule has 2 N–H and O–H groups in total. The Labute approximate surface area is 156 Å². The fourth-order valence-corrected chi connectivity index (χ4v) is 3.07. The zero-order valence-electron chi connectivity index (χ0n) is 14.2. The Morgan fingerprint density at radius 3 is 2.73 bits per heavy atom. The summed E-state index contributed by atoms with van der Waals surface area (Å²) in [5.41, 5.74) is 3.63. The van der Waals surface area contributed by atoms with Crippen LogP contribution in [0.5, 0.6) is 0 Å². The highest BCUT2D eigenvalue weighted by molar-refractivity contribution is 6.31. The molecule has 26 heavy (non-hydrogen) atoms. The zero-order chi connectivity index (χ0) is 18.7. The highest BCUT2D eigenvalue weighted by Gasteiger charge is 2.22. The number of nitriles is 1. The first kappa shape index (κ1) is 17.8. The lowest BCUT2D eigenvalue weighted by atomic mass is 10.1. The molecule has 2 aromatic rings. The third kappa shape index (κ3) is 3.79. The Morgan fingerprint density at radius 1 is 1.23 bits per heavy atom. The van der Waals surface area contributed by atoms with E-state index < -0.39 is 0 Å². The van der Waals surface area contributed by atoms with Crippen LogP contribution in [0, 0.1) is 11.3 Å². The van der Waals surface area contributed by atoms with Crippen LogP contribution in [0.15, 0.2) is 36.4 Å². The Hall–Kier alpha value is -3.04. The molecule has 0 fully saturated rings. The molecule has 0 aliphatic carbocycles. The SMILES string of the molecule is CC(=O)N1CCc2cc(NC(=O)CNc3ccc(Cl)c(C#N)c3)ccc21. The number of nitrogens with zero attached hydrogens (tertiary/aromatic N) is 2. The third-order valence-corrected chi connectivity index (χ3v) is 4.51. The van der Waals surface area contributed by atoms with E-state index in [2.05, 4.69) is 10.6 Å². The van der Waals surface area contributed by atoms with E-state index in [-0.39, 0.29) is 18.4 Å². The van der Waals surface area contributed by atoms with Crippen LogP contribution < -0.4 is 15.5 Å². The van der Waals surface area contributed by atoms with Crippen molar-refractivity contribution in [3.8, 4) is 6.07 Å². The first-order valence-electron chi connectivity index (χ1n) is 8.12. The van der Waals surface area contributed by atoms with Crippen LogP contribution in [0.1, 0.15) is 18.1 Å². The topological polar surface area (TPSA) is 85.2 Å². The summed E-state index contributed by atoms with van der Waals surface area (Å²) in [4.78, 5) is 25.5. The van der Waals surface area contributed by atoms with Crippen molar-refractivity contribution in [3.05, 3.63) is 52.5 Å². The molecule has 2 amide bonds. The van der Waals surface area contributed by atoms with E-state index in [0.717, 1.165) is 17.7 Å². The van der Waals surface area contributed by atoms with Gasteiger partial charge in [0.1, 0.15) is 6.07 Å². The molecule has 2 aromatic carbocycles. The van der Waals surface area contributed by atoms with Crippen LogP contribution >= 0.6 is 11.6 Å². The van der Waals surface area contributed by atoms with Gasteiger partial charge in [-0.05, 0) is 48.4 Å². The number of hydrogen-bond donors (Lipinski definition) is 2. The lowest BCUT2D eigenvalue weighted by Gasteiger charge is -2.15. The number of halogens is 1. The van der Waals surface area contributed by atoms with Gasteiger partial charge >= 0.3 is 0 Å². The van der Waals surface area contributed by atoms with Gasteiger partial charge in [0.05, 0.1) is 17.1 Å². The molecule has 1 aliphatic rings. The predicted octanol–water partition coefficient (Wildman–Crippen LogP) is 3.17. The second-order valence-corrected chi connectivity index (χ2v) is 6.38. The van der Waals surface area contributed by atoms with Crippen LogP contribution in [0.2, 0.25) is 5.02 Å². The quantitative estimate of drug-likeness (QED) is 0.868. The highest BCUT2D eigenvalue weighted by Crippen LogP contribution is 2.30. The van der Waals surface area contributed by atoms with E-state index in [9.17, 15) is 9.59 Å². The number of carbonyl (C=O) groups excluding carboxylic acids is 2. The van der Waals surface area contributed by atoms with E-state index in [1.54, 1.807) is 36.1 Å². The molecule has 132 valence electrons. The maximum absolute atomic E-state index is 12.2. The number of fused-ring (bicyclic) bond motifs is 1. The molecule has 3 rings (SSSR count). The molecule has 0 radical (unpaired) electrons. The number of amides is 2. The number of hydrogen-bond acceptors (Lipinski definition) is 4. The lowest BCUT2D eigenvalue weighted by molar-refractivity contribution is -0.116. The summed E-state index contributed by atoms with van der Waals surface area (Å²) < 4.78 is 0. The molecule has 0 atom stereocenters. The second kappa shape index (κ2) is 7.46. The van der Waals surface area contributed by atoms with Crippen LogP contribution in [-0.2, 0) is 16.0 Å². The van der Waals surface area contributed by atoms with Crippen molar-refractivity contribution in [2.75, 3.05) is 28.6 Å². The van der Waals surface area contributed by atoms with Crippen molar-refractivity contribution in [2.45, 2.75) is 13.3 Å². The van der Waals surface area contributed by atoms with E-state index in [1.807, 2.05) is 18.2 Å². The summed E-state index contributed by atoms with van der Waals surface area (Å²) >= 11 is 5.89. The summed E-state index contributed by atoms with van der Waals surface area (Å²) in [6, 6.07) is 12.5. The minimum atomic E-state index is -0.208. The number of rotatable bonds is 4. The average Bonchev–Trinajstić information content (AvgIpc) is 3.04. The second-order valence-electron chi connectivity index (χ2n) is 5.97. The molecular formula is C19H17ClN4O2. The van der Waals surface area contributed by atoms with Crippen molar-refractivity contribution in [1.29, 1.82) is 5.26 Å². The van der Waals surface area contributed by atoms with Crippen LogP contribution in [0.4, 0.5) is 17.1 Å². The summed E-state index contributed by atoms with van der Waals surface area (Å²) in [7, 11) is 0. The van der Waals surface area contributed by atoms with E-state index in [1.165, 1.54) is 0 Å². The van der Waals surface area contributed by atoms with Gasteiger partial charge in [-0.15, -0.1) is 0 Å². The fraction of sp³-hybridized carbons (Fsp3) is 0.211. The Bertz CT molecular complexity index is 920. The molecule has 0 saturated heterocycles.